The second kappa shape index (κ2) is 11.9. The van der Waals surface area contributed by atoms with Gasteiger partial charge >= 0.3 is 0 Å². The molecule has 1 N–H and O–H groups in total. The third-order valence-corrected chi connectivity index (χ3v) is 7.12. The van der Waals surface area contributed by atoms with Crippen molar-refractivity contribution in [2.24, 2.45) is 0 Å². The third-order valence-electron chi connectivity index (χ3n) is 7.12. The first-order valence-electron chi connectivity index (χ1n) is 13.1. The van der Waals surface area contributed by atoms with E-state index in [1.54, 1.807) is 43.0 Å². The number of amides is 1. The van der Waals surface area contributed by atoms with Gasteiger partial charge < -0.3 is 19.3 Å². The van der Waals surface area contributed by atoms with Crippen molar-refractivity contribution in [1.29, 1.82) is 0 Å². The summed E-state index contributed by atoms with van der Waals surface area (Å²) < 4.78 is 7.76. The monoisotopic (exact) mass is 552 g/mol. The van der Waals surface area contributed by atoms with E-state index < -0.39 is 22.7 Å². The molecule has 3 aromatic carbocycles. The lowest BCUT2D eigenvalue weighted by Crippen LogP contribution is -2.31. The molecule has 1 aliphatic rings. The van der Waals surface area contributed by atoms with Gasteiger partial charge in [0.15, 0.2) is 0 Å². The van der Waals surface area contributed by atoms with Gasteiger partial charge in [0.2, 0.25) is 0 Å². The summed E-state index contributed by atoms with van der Waals surface area (Å²) in [7, 11) is 0. The van der Waals surface area contributed by atoms with Gasteiger partial charge in [-0.3, -0.25) is 19.7 Å². The van der Waals surface area contributed by atoms with Crippen molar-refractivity contribution in [2.75, 3.05) is 6.54 Å². The summed E-state index contributed by atoms with van der Waals surface area (Å²) in [6, 6.07) is 19.3. The Balaban J connectivity index is 1.43. The number of carbonyl (C=O) groups excluding carboxylic acids is 2. The zero-order valence-corrected chi connectivity index (χ0v) is 22.3. The highest BCUT2D eigenvalue weighted by Crippen LogP contribution is 2.40. The maximum Gasteiger partial charge on any atom is 0.295 e. The van der Waals surface area contributed by atoms with Crippen molar-refractivity contribution in [3.05, 3.63) is 129 Å². The third kappa shape index (κ3) is 5.86. The Morgan fingerprint density at radius 2 is 1.76 bits per heavy atom. The largest absolute Gasteiger partial charge is 0.507 e. The fourth-order valence-electron chi connectivity index (χ4n) is 4.88. The van der Waals surface area contributed by atoms with Crippen LogP contribution in [0.1, 0.15) is 34.7 Å². The SMILES string of the molecule is Cc1ccccc1COc1ccc(/C(O)=C2\C(=O)C(=O)N(CCCn3ccnc3)C2c2ccc([N+](=O)[O-])cc2)cc1. The van der Waals surface area contributed by atoms with Gasteiger partial charge in [0, 0.05) is 43.2 Å². The number of rotatable bonds is 10. The lowest BCUT2D eigenvalue weighted by atomic mass is 9.95. The number of nitro groups is 1. The highest BCUT2D eigenvalue weighted by atomic mass is 16.6. The van der Waals surface area contributed by atoms with Crippen molar-refractivity contribution in [1.82, 2.24) is 14.5 Å². The van der Waals surface area contributed by atoms with Gasteiger partial charge in [0.1, 0.15) is 18.1 Å². The van der Waals surface area contributed by atoms with Crippen molar-refractivity contribution in [3.63, 3.8) is 0 Å². The van der Waals surface area contributed by atoms with Gasteiger partial charge in [-0.25, -0.2) is 4.98 Å². The van der Waals surface area contributed by atoms with Crippen LogP contribution in [-0.2, 0) is 22.7 Å². The molecule has 1 unspecified atom stereocenters. The van der Waals surface area contributed by atoms with E-state index in [1.807, 2.05) is 35.8 Å². The van der Waals surface area contributed by atoms with Crippen LogP contribution < -0.4 is 4.74 Å². The number of benzene rings is 3. The van der Waals surface area contributed by atoms with E-state index in [9.17, 15) is 24.8 Å². The average molecular weight is 553 g/mol. The summed E-state index contributed by atoms with van der Waals surface area (Å²) in [5.41, 5.74) is 2.80. The zero-order chi connectivity index (χ0) is 28.9. The number of nitro benzene ring substituents is 1. The number of Topliss-reactive ketones (excluding diaryl/α,β-unsaturated/α-hetero) is 1. The molecule has 2 heterocycles. The predicted octanol–water partition coefficient (Wildman–Crippen LogP) is 5.19. The summed E-state index contributed by atoms with van der Waals surface area (Å²) in [5, 5.41) is 22.5. The summed E-state index contributed by atoms with van der Waals surface area (Å²) in [4.78, 5) is 42.6. The molecule has 5 rings (SSSR count). The molecule has 41 heavy (non-hydrogen) atoms. The molecule has 1 atom stereocenters. The summed E-state index contributed by atoms with van der Waals surface area (Å²) in [6.07, 6.45) is 5.65. The lowest BCUT2D eigenvalue weighted by Gasteiger charge is -2.25. The van der Waals surface area contributed by atoms with E-state index in [4.69, 9.17) is 4.74 Å². The Morgan fingerprint density at radius 1 is 1.02 bits per heavy atom. The van der Waals surface area contributed by atoms with Crippen molar-refractivity contribution >= 4 is 23.1 Å². The molecular weight excluding hydrogens is 524 g/mol. The van der Waals surface area contributed by atoms with E-state index in [0.717, 1.165) is 11.1 Å². The van der Waals surface area contributed by atoms with E-state index in [-0.39, 0.29) is 23.6 Å². The molecule has 0 aliphatic carbocycles. The molecule has 1 fully saturated rings. The summed E-state index contributed by atoms with van der Waals surface area (Å²) >= 11 is 0. The maximum absolute atomic E-state index is 13.3. The molecule has 10 nitrogen and oxygen atoms in total. The summed E-state index contributed by atoms with van der Waals surface area (Å²) in [6.45, 7) is 3.18. The predicted molar refractivity (Wildman–Crippen MR) is 151 cm³/mol. The molecule has 0 saturated carbocycles. The topological polar surface area (TPSA) is 128 Å². The Kier molecular flexibility index (Phi) is 7.91. The standard InChI is InChI=1S/C31H28N4O6/c1-21-5-2-3-6-24(21)19-41-26-13-9-23(10-14-26)29(36)27-28(22-7-11-25(12-8-22)35(39)40)34(31(38)30(27)37)17-4-16-33-18-15-32-20-33/h2-3,5-15,18,20,28,36H,4,16-17,19H2,1H3/b29-27+. The second-order valence-electron chi connectivity index (χ2n) is 9.73. The van der Waals surface area contributed by atoms with Crippen LogP contribution in [0.5, 0.6) is 5.75 Å². The van der Waals surface area contributed by atoms with Crippen LogP contribution in [0.3, 0.4) is 0 Å². The number of nitrogens with zero attached hydrogens (tertiary/aromatic N) is 4. The normalized spacial score (nSPS) is 16.2. The van der Waals surface area contributed by atoms with Crippen LogP contribution in [0.4, 0.5) is 5.69 Å². The van der Waals surface area contributed by atoms with Crippen LogP contribution in [-0.4, -0.2) is 42.7 Å². The smallest absolute Gasteiger partial charge is 0.295 e. The van der Waals surface area contributed by atoms with Crippen LogP contribution in [0, 0.1) is 17.0 Å². The van der Waals surface area contributed by atoms with Crippen LogP contribution >= 0.6 is 0 Å². The minimum absolute atomic E-state index is 0.0694. The minimum atomic E-state index is -0.907. The molecule has 0 spiro atoms. The number of hydrogen-bond donors (Lipinski definition) is 1. The Hall–Kier alpha value is -5.25. The molecule has 1 aliphatic heterocycles. The number of likely N-dealkylation sites (tertiary alicyclic amines) is 1. The fourth-order valence-corrected chi connectivity index (χ4v) is 4.88. The number of non-ortho nitro benzene ring substituents is 1. The molecule has 0 radical (unpaired) electrons. The number of aliphatic hydroxyl groups is 1. The minimum Gasteiger partial charge on any atom is -0.507 e. The Morgan fingerprint density at radius 3 is 2.41 bits per heavy atom. The lowest BCUT2D eigenvalue weighted by molar-refractivity contribution is -0.384. The van der Waals surface area contributed by atoms with Crippen molar-refractivity contribution < 1.29 is 24.4 Å². The van der Waals surface area contributed by atoms with Crippen LogP contribution in [0.2, 0.25) is 0 Å². The second-order valence-corrected chi connectivity index (χ2v) is 9.73. The first-order chi connectivity index (χ1) is 19.8. The van der Waals surface area contributed by atoms with Crippen molar-refractivity contribution in [2.45, 2.75) is 32.5 Å². The van der Waals surface area contributed by atoms with Gasteiger partial charge in [-0.15, -0.1) is 0 Å². The maximum atomic E-state index is 13.3. The molecule has 1 aromatic heterocycles. The first kappa shape index (κ1) is 27.3. The van der Waals surface area contributed by atoms with E-state index in [1.165, 1.54) is 29.2 Å². The number of hydrogen-bond acceptors (Lipinski definition) is 7. The quantitative estimate of drug-likeness (QED) is 0.0943. The Bertz CT molecular complexity index is 1590. The molecule has 10 heteroatoms. The molecule has 4 aromatic rings. The first-order valence-corrected chi connectivity index (χ1v) is 13.1. The molecular formula is C31H28N4O6. The molecule has 208 valence electrons. The molecule has 1 amide bonds. The van der Waals surface area contributed by atoms with E-state index in [0.29, 0.717) is 36.4 Å². The molecule has 1 saturated heterocycles. The highest BCUT2D eigenvalue weighted by molar-refractivity contribution is 6.46. The highest BCUT2D eigenvalue weighted by Gasteiger charge is 2.45. The number of aromatic nitrogens is 2. The number of carbonyl (C=O) groups is 2. The van der Waals surface area contributed by atoms with E-state index >= 15 is 0 Å². The number of imidazole rings is 1. The summed E-state index contributed by atoms with van der Waals surface area (Å²) in [5.74, 6) is -1.29. The number of aliphatic hydroxyl groups excluding tert-OH is 1. The van der Waals surface area contributed by atoms with Gasteiger partial charge in [-0.05, 0) is 66.4 Å². The number of ketones is 1. The average Bonchev–Trinajstić information content (AvgIpc) is 3.59. The van der Waals surface area contributed by atoms with Crippen molar-refractivity contribution in [3.8, 4) is 5.75 Å². The van der Waals surface area contributed by atoms with Gasteiger partial charge in [0.05, 0.1) is 22.9 Å². The fraction of sp³-hybridized carbons (Fsp3) is 0.194. The number of aryl methyl sites for hydroxylation is 2. The van der Waals surface area contributed by atoms with Gasteiger partial charge in [-0.1, -0.05) is 24.3 Å². The van der Waals surface area contributed by atoms with Crippen LogP contribution in [0.15, 0.2) is 97.1 Å². The van der Waals surface area contributed by atoms with Gasteiger partial charge in [0.25, 0.3) is 17.4 Å². The van der Waals surface area contributed by atoms with Gasteiger partial charge in [-0.2, -0.15) is 0 Å². The molecule has 0 bridgehead atoms. The van der Waals surface area contributed by atoms with Crippen LogP contribution in [0.25, 0.3) is 5.76 Å². The van der Waals surface area contributed by atoms with E-state index in [2.05, 4.69) is 4.98 Å². The number of ether oxygens (including phenoxy) is 1. The Labute approximate surface area is 236 Å². The zero-order valence-electron chi connectivity index (χ0n) is 22.3.